The van der Waals surface area contributed by atoms with E-state index < -0.39 is 18.5 Å². The van der Waals surface area contributed by atoms with Gasteiger partial charge in [-0.25, -0.2) is 4.79 Å². The van der Waals surface area contributed by atoms with Crippen LogP contribution in [0.3, 0.4) is 0 Å². The molecule has 2 amide bonds. The van der Waals surface area contributed by atoms with Crippen molar-refractivity contribution in [2.24, 2.45) is 0 Å². The maximum Gasteiger partial charge on any atom is 0.331 e. The van der Waals surface area contributed by atoms with Crippen LogP contribution in [0.4, 0.5) is 5.69 Å². The largest absolute Gasteiger partial charge is 0.493 e. The fraction of sp³-hybridized carbons (Fsp3) is 0.320. The summed E-state index contributed by atoms with van der Waals surface area (Å²) in [7, 11) is 2.95. The molecule has 0 unspecified atom stereocenters. The molecule has 0 bridgehead atoms. The molecule has 0 saturated carbocycles. The lowest BCUT2D eigenvalue weighted by molar-refractivity contribution is -0.148. The number of nitrogens with one attached hydrogen (secondary N) is 1. The third-order valence-corrected chi connectivity index (χ3v) is 5.09. The van der Waals surface area contributed by atoms with Crippen LogP contribution in [0.1, 0.15) is 24.5 Å². The quantitative estimate of drug-likeness (QED) is 0.378. The molecule has 0 aliphatic rings. The van der Waals surface area contributed by atoms with Crippen molar-refractivity contribution in [3.8, 4) is 11.5 Å². The fourth-order valence-corrected chi connectivity index (χ4v) is 3.40. The fourth-order valence-electron chi connectivity index (χ4n) is 3.11. The van der Waals surface area contributed by atoms with Crippen LogP contribution in [0, 0.1) is 6.92 Å². The first-order valence-electron chi connectivity index (χ1n) is 10.7. The molecule has 2 rings (SSSR count). The van der Waals surface area contributed by atoms with E-state index in [2.05, 4.69) is 5.32 Å². The molecule has 2 aromatic carbocycles. The van der Waals surface area contributed by atoms with Gasteiger partial charge in [0.25, 0.3) is 5.91 Å². The highest BCUT2D eigenvalue weighted by atomic mass is 35.5. The second-order valence-corrected chi connectivity index (χ2v) is 7.76. The molecule has 8 nitrogen and oxygen atoms in total. The summed E-state index contributed by atoms with van der Waals surface area (Å²) in [5.41, 5.74) is 2.19. The van der Waals surface area contributed by atoms with Gasteiger partial charge in [-0.3, -0.25) is 9.59 Å². The summed E-state index contributed by atoms with van der Waals surface area (Å²) in [6, 6.07) is 10.6. The molecule has 0 saturated heterocycles. The van der Waals surface area contributed by atoms with Crippen molar-refractivity contribution in [1.82, 2.24) is 4.90 Å². The van der Waals surface area contributed by atoms with E-state index in [1.165, 1.54) is 31.3 Å². The molecular weight excluding hydrogens is 460 g/mol. The van der Waals surface area contributed by atoms with Gasteiger partial charge in [0.05, 0.1) is 25.8 Å². The van der Waals surface area contributed by atoms with E-state index in [4.69, 9.17) is 25.8 Å². The first-order valence-corrected chi connectivity index (χ1v) is 11.1. The number of ether oxygens (including phenoxy) is 3. The average Bonchev–Trinajstić information content (AvgIpc) is 2.81. The number of para-hydroxylation sites is 1. The minimum Gasteiger partial charge on any atom is -0.493 e. The molecule has 0 spiro atoms. The van der Waals surface area contributed by atoms with Crippen molar-refractivity contribution in [1.29, 1.82) is 0 Å². The molecule has 0 heterocycles. The topological polar surface area (TPSA) is 94.2 Å². The van der Waals surface area contributed by atoms with Crippen LogP contribution in [0.5, 0.6) is 11.5 Å². The number of hydrogen-bond donors (Lipinski definition) is 1. The Balaban J connectivity index is 1.94. The summed E-state index contributed by atoms with van der Waals surface area (Å²) in [4.78, 5) is 38.5. The van der Waals surface area contributed by atoms with E-state index in [0.717, 1.165) is 5.56 Å². The maximum atomic E-state index is 12.6. The standard InChI is InChI=1S/C25H29ClN2O6/c1-5-12-28(15-22(29)27-20-9-7-6-8-17(20)2)23(30)16-34-24(31)11-10-18-13-19(26)25(33-4)21(14-18)32-3/h6-11,13-14H,5,12,15-16H2,1-4H3,(H,27,29)/b11-10+. The predicted molar refractivity (Wildman–Crippen MR) is 131 cm³/mol. The summed E-state index contributed by atoms with van der Waals surface area (Å²) in [5.74, 6) is -0.695. The Labute approximate surface area is 204 Å². The zero-order chi connectivity index (χ0) is 25.1. The lowest BCUT2D eigenvalue weighted by atomic mass is 10.2. The number of esters is 1. The third-order valence-electron chi connectivity index (χ3n) is 4.81. The minimum absolute atomic E-state index is 0.140. The molecule has 9 heteroatoms. The van der Waals surface area contributed by atoms with Gasteiger partial charge in [-0.05, 0) is 48.7 Å². The first-order chi connectivity index (χ1) is 16.3. The van der Waals surface area contributed by atoms with Crippen molar-refractivity contribution < 1.29 is 28.6 Å². The molecule has 2 aromatic rings. The molecule has 0 aliphatic heterocycles. The SMILES string of the molecule is CCCN(CC(=O)Nc1ccccc1C)C(=O)COC(=O)/C=C/c1cc(Cl)c(OC)c(OC)c1. The Morgan fingerprint density at radius 1 is 1.12 bits per heavy atom. The molecule has 182 valence electrons. The number of halogens is 1. The zero-order valence-electron chi connectivity index (χ0n) is 19.7. The van der Waals surface area contributed by atoms with Gasteiger partial charge in [0.2, 0.25) is 5.91 Å². The van der Waals surface area contributed by atoms with E-state index in [-0.39, 0.29) is 12.5 Å². The number of benzene rings is 2. The summed E-state index contributed by atoms with van der Waals surface area (Å²) < 4.78 is 15.5. The normalized spacial score (nSPS) is 10.6. The number of methoxy groups -OCH3 is 2. The van der Waals surface area contributed by atoms with E-state index in [1.807, 2.05) is 32.0 Å². The second-order valence-electron chi connectivity index (χ2n) is 7.36. The molecule has 0 aliphatic carbocycles. The maximum absolute atomic E-state index is 12.6. The number of anilines is 1. The summed E-state index contributed by atoms with van der Waals surface area (Å²) in [6.45, 7) is 3.51. The van der Waals surface area contributed by atoms with Crippen molar-refractivity contribution in [3.63, 3.8) is 0 Å². The number of rotatable bonds is 11. The highest BCUT2D eigenvalue weighted by Gasteiger charge is 2.18. The van der Waals surface area contributed by atoms with Gasteiger partial charge in [-0.1, -0.05) is 36.7 Å². The number of aryl methyl sites for hydroxylation is 1. The van der Waals surface area contributed by atoms with Gasteiger partial charge >= 0.3 is 5.97 Å². The van der Waals surface area contributed by atoms with Crippen molar-refractivity contribution >= 4 is 41.1 Å². The minimum atomic E-state index is -0.708. The molecule has 0 atom stereocenters. The average molecular weight is 489 g/mol. The summed E-state index contributed by atoms with van der Waals surface area (Å²) in [5, 5.41) is 3.12. The van der Waals surface area contributed by atoms with Crippen molar-refractivity contribution in [2.45, 2.75) is 20.3 Å². The molecule has 1 N–H and O–H groups in total. The van der Waals surface area contributed by atoms with Gasteiger partial charge in [0.1, 0.15) is 0 Å². The number of amides is 2. The summed E-state index contributed by atoms with van der Waals surface area (Å²) >= 11 is 6.16. The van der Waals surface area contributed by atoms with Gasteiger partial charge in [0, 0.05) is 18.3 Å². The number of carbonyl (C=O) groups is 3. The van der Waals surface area contributed by atoms with Gasteiger partial charge < -0.3 is 24.4 Å². The Morgan fingerprint density at radius 2 is 1.85 bits per heavy atom. The van der Waals surface area contributed by atoms with Crippen LogP contribution in [0.25, 0.3) is 6.08 Å². The van der Waals surface area contributed by atoms with Gasteiger partial charge in [-0.15, -0.1) is 0 Å². The lowest BCUT2D eigenvalue weighted by Gasteiger charge is -2.21. The molecule has 0 radical (unpaired) electrons. The Kier molecular flexibility index (Phi) is 10.4. The highest BCUT2D eigenvalue weighted by Crippen LogP contribution is 2.36. The van der Waals surface area contributed by atoms with Crippen molar-refractivity contribution in [2.75, 3.05) is 39.2 Å². The van der Waals surface area contributed by atoms with Crippen LogP contribution in [0.15, 0.2) is 42.5 Å². The Hall–Kier alpha value is -3.52. The van der Waals surface area contributed by atoms with E-state index >= 15 is 0 Å². The Bertz CT molecular complexity index is 1050. The number of carbonyl (C=O) groups excluding carboxylic acids is 3. The van der Waals surface area contributed by atoms with E-state index in [0.29, 0.717) is 40.7 Å². The zero-order valence-corrected chi connectivity index (χ0v) is 20.5. The van der Waals surface area contributed by atoms with E-state index in [9.17, 15) is 14.4 Å². The Morgan fingerprint density at radius 3 is 2.50 bits per heavy atom. The van der Waals surface area contributed by atoms with Crippen LogP contribution < -0.4 is 14.8 Å². The van der Waals surface area contributed by atoms with Crippen LogP contribution in [-0.4, -0.2) is 56.6 Å². The van der Waals surface area contributed by atoms with Gasteiger partial charge in [0.15, 0.2) is 18.1 Å². The summed E-state index contributed by atoms with van der Waals surface area (Å²) in [6.07, 6.45) is 3.32. The predicted octanol–water partition coefficient (Wildman–Crippen LogP) is 4.10. The molecule has 0 fully saturated rings. The number of hydrogen-bond acceptors (Lipinski definition) is 6. The lowest BCUT2D eigenvalue weighted by Crippen LogP contribution is -2.40. The smallest absolute Gasteiger partial charge is 0.331 e. The third kappa shape index (κ3) is 7.81. The second kappa shape index (κ2) is 13.3. The molecule has 34 heavy (non-hydrogen) atoms. The molecule has 0 aromatic heterocycles. The van der Waals surface area contributed by atoms with Crippen LogP contribution >= 0.6 is 11.6 Å². The number of nitrogens with zero attached hydrogens (tertiary/aromatic N) is 1. The van der Waals surface area contributed by atoms with Crippen molar-refractivity contribution in [3.05, 3.63) is 58.6 Å². The molecular formula is C25H29ClN2O6. The van der Waals surface area contributed by atoms with Gasteiger partial charge in [-0.2, -0.15) is 0 Å². The first kappa shape index (κ1) is 26.7. The van der Waals surface area contributed by atoms with Crippen LogP contribution in [0.2, 0.25) is 5.02 Å². The monoisotopic (exact) mass is 488 g/mol. The van der Waals surface area contributed by atoms with Crippen LogP contribution in [-0.2, 0) is 19.1 Å². The van der Waals surface area contributed by atoms with E-state index in [1.54, 1.807) is 18.2 Å². The highest BCUT2D eigenvalue weighted by molar-refractivity contribution is 6.32.